The number of thioether (sulfide) groups is 1. The summed E-state index contributed by atoms with van der Waals surface area (Å²) in [4.78, 5) is 0. The van der Waals surface area contributed by atoms with Crippen LogP contribution in [0.25, 0.3) is 0 Å². The van der Waals surface area contributed by atoms with E-state index >= 15 is 0 Å². The zero-order chi connectivity index (χ0) is 11.1. The summed E-state index contributed by atoms with van der Waals surface area (Å²) in [6, 6.07) is 2.03. The molecule has 3 heteroatoms. The van der Waals surface area contributed by atoms with Gasteiger partial charge in [0.25, 0.3) is 0 Å². The first kappa shape index (κ1) is 13.2. The SMILES string of the molecule is CCCC(CBr)CSCc1occc1C. The zero-order valence-electron chi connectivity index (χ0n) is 9.46. The molecule has 1 aromatic heterocycles. The molecule has 0 fully saturated rings. The van der Waals surface area contributed by atoms with Gasteiger partial charge in [-0.05, 0) is 36.6 Å². The fourth-order valence-corrected chi connectivity index (χ4v) is 3.56. The molecule has 1 heterocycles. The minimum atomic E-state index is 0.801. The van der Waals surface area contributed by atoms with Gasteiger partial charge in [-0.1, -0.05) is 29.3 Å². The molecule has 1 nitrogen and oxygen atoms in total. The van der Waals surface area contributed by atoms with E-state index in [-0.39, 0.29) is 0 Å². The Morgan fingerprint density at radius 2 is 2.33 bits per heavy atom. The molecule has 0 saturated carbocycles. The van der Waals surface area contributed by atoms with E-state index in [1.165, 1.54) is 24.2 Å². The average molecular weight is 291 g/mol. The molecule has 0 amide bonds. The molecule has 1 rings (SSSR count). The topological polar surface area (TPSA) is 13.1 Å². The van der Waals surface area contributed by atoms with E-state index in [4.69, 9.17) is 4.42 Å². The van der Waals surface area contributed by atoms with Crippen LogP contribution < -0.4 is 0 Å². The van der Waals surface area contributed by atoms with Crippen molar-refractivity contribution >= 4 is 27.7 Å². The summed E-state index contributed by atoms with van der Waals surface area (Å²) in [5.41, 5.74) is 1.27. The Bertz CT molecular complexity index is 272. The van der Waals surface area contributed by atoms with Crippen molar-refractivity contribution in [3.63, 3.8) is 0 Å². The first-order chi connectivity index (χ1) is 7.27. The number of alkyl halides is 1. The van der Waals surface area contributed by atoms with E-state index in [9.17, 15) is 0 Å². The van der Waals surface area contributed by atoms with Gasteiger partial charge in [-0.3, -0.25) is 0 Å². The second-order valence-corrected chi connectivity index (χ2v) is 5.53. The van der Waals surface area contributed by atoms with E-state index in [1.807, 2.05) is 17.8 Å². The summed E-state index contributed by atoms with van der Waals surface area (Å²) in [7, 11) is 0. The van der Waals surface area contributed by atoms with Crippen molar-refractivity contribution in [3.05, 3.63) is 23.7 Å². The van der Waals surface area contributed by atoms with Crippen LogP contribution in [-0.4, -0.2) is 11.1 Å². The third kappa shape index (κ3) is 4.64. The molecule has 0 aliphatic rings. The smallest absolute Gasteiger partial charge is 0.116 e. The van der Waals surface area contributed by atoms with Crippen LogP contribution >= 0.6 is 27.7 Å². The molecular weight excluding hydrogens is 272 g/mol. The van der Waals surface area contributed by atoms with Gasteiger partial charge in [0.2, 0.25) is 0 Å². The lowest BCUT2D eigenvalue weighted by atomic mass is 10.1. The van der Waals surface area contributed by atoms with Gasteiger partial charge >= 0.3 is 0 Å². The summed E-state index contributed by atoms with van der Waals surface area (Å²) < 4.78 is 5.41. The van der Waals surface area contributed by atoms with Crippen LogP contribution in [0.3, 0.4) is 0 Å². The van der Waals surface area contributed by atoms with Crippen molar-refractivity contribution in [1.82, 2.24) is 0 Å². The van der Waals surface area contributed by atoms with E-state index in [1.54, 1.807) is 6.26 Å². The van der Waals surface area contributed by atoms with Crippen LogP contribution in [0, 0.1) is 12.8 Å². The molecule has 0 aliphatic carbocycles. The summed E-state index contributed by atoms with van der Waals surface area (Å²) >= 11 is 5.55. The van der Waals surface area contributed by atoms with Crippen LogP contribution in [0.5, 0.6) is 0 Å². The highest BCUT2D eigenvalue weighted by Crippen LogP contribution is 2.22. The summed E-state index contributed by atoms with van der Waals surface area (Å²) in [5.74, 6) is 4.16. The minimum Gasteiger partial charge on any atom is -0.468 e. The van der Waals surface area contributed by atoms with Gasteiger partial charge in [0.15, 0.2) is 0 Å². The Morgan fingerprint density at radius 3 is 2.87 bits per heavy atom. The highest BCUT2D eigenvalue weighted by Gasteiger charge is 2.07. The lowest BCUT2D eigenvalue weighted by molar-refractivity contribution is 0.527. The minimum absolute atomic E-state index is 0.801. The normalized spacial score (nSPS) is 13.0. The molecule has 15 heavy (non-hydrogen) atoms. The van der Waals surface area contributed by atoms with E-state index in [0.29, 0.717) is 0 Å². The quantitative estimate of drug-likeness (QED) is 0.679. The maximum atomic E-state index is 5.41. The number of rotatable bonds is 7. The third-order valence-electron chi connectivity index (χ3n) is 2.47. The number of hydrogen-bond acceptors (Lipinski definition) is 2. The highest BCUT2D eigenvalue weighted by atomic mass is 79.9. The Balaban J connectivity index is 2.23. The van der Waals surface area contributed by atoms with Crippen LogP contribution in [0.15, 0.2) is 16.7 Å². The molecule has 0 radical (unpaired) electrons. The van der Waals surface area contributed by atoms with E-state index < -0.39 is 0 Å². The molecule has 0 saturated heterocycles. The number of aryl methyl sites for hydroxylation is 1. The predicted molar refractivity (Wildman–Crippen MR) is 71.8 cm³/mol. The third-order valence-corrected chi connectivity index (χ3v) is 4.56. The predicted octanol–water partition coefficient (Wildman–Crippen LogP) is 4.63. The number of furan rings is 1. The van der Waals surface area contributed by atoms with Gasteiger partial charge in [0.1, 0.15) is 5.76 Å². The van der Waals surface area contributed by atoms with Gasteiger partial charge in [-0.2, -0.15) is 11.8 Å². The Morgan fingerprint density at radius 1 is 1.53 bits per heavy atom. The molecular formula is C12H19BrOS. The van der Waals surface area contributed by atoms with Crippen molar-refractivity contribution in [1.29, 1.82) is 0 Å². The lowest BCUT2D eigenvalue weighted by Gasteiger charge is -2.11. The Hall–Kier alpha value is 0.110. The van der Waals surface area contributed by atoms with Gasteiger partial charge < -0.3 is 4.42 Å². The zero-order valence-corrected chi connectivity index (χ0v) is 11.9. The van der Waals surface area contributed by atoms with Crippen LogP contribution in [0.1, 0.15) is 31.1 Å². The van der Waals surface area contributed by atoms with Crippen molar-refractivity contribution in [2.45, 2.75) is 32.4 Å². The first-order valence-electron chi connectivity index (χ1n) is 5.44. The van der Waals surface area contributed by atoms with Crippen molar-refractivity contribution in [2.75, 3.05) is 11.1 Å². The van der Waals surface area contributed by atoms with Gasteiger partial charge in [-0.15, -0.1) is 0 Å². The maximum absolute atomic E-state index is 5.41. The second kappa shape index (κ2) is 7.39. The van der Waals surface area contributed by atoms with Crippen molar-refractivity contribution < 1.29 is 4.42 Å². The van der Waals surface area contributed by atoms with Crippen LogP contribution in [-0.2, 0) is 5.75 Å². The lowest BCUT2D eigenvalue weighted by Crippen LogP contribution is -2.04. The van der Waals surface area contributed by atoms with Gasteiger partial charge in [0, 0.05) is 5.33 Å². The van der Waals surface area contributed by atoms with Gasteiger partial charge in [0.05, 0.1) is 12.0 Å². The molecule has 0 spiro atoms. The monoisotopic (exact) mass is 290 g/mol. The van der Waals surface area contributed by atoms with Crippen molar-refractivity contribution in [2.24, 2.45) is 5.92 Å². The molecule has 1 aromatic rings. The summed E-state index contributed by atoms with van der Waals surface area (Å²) in [6.45, 7) is 4.35. The molecule has 0 aromatic carbocycles. The fourth-order valence-electron chi connectivity index (χ4n) is 1.48. The second-order valence-electron chi connectivity index (χ2n) is 3.85. The standard InChI is InChI=1S/C12H19BrOS/c1-3-4-11(7-13)8-15-9-12-10(2)5-6-14-12/h5-6,11H,3-4,7-9H2,1-2H3. The van der Waals surface area contributed by atoms with Gasteiger partial charge in [-0.25, -0.2) is 0 Å². The first-order valence-corrected chi connectivity index (χ1v) is 7.72. The highest BCUT2D eigenvalue weighted by molar-refractivity contribution is 9.09. The number of hydrogen-bond donors (Lipinski definition) is 0. The fraction of sp³-hybridized carbons (Fsp3) is 0.667. The maximum Gasteiger partial charge on any atom is 0.116 e. The molecule has 1 atom stereocenters. The van der Waals surface area contributed by atoms with E-state index in [0.717, 1.165) is 22.8 Å². The van der Waals surface area contributed by atoms with Crippen LogP contribution in [0.4, 0.5) is 0 Å². The molecule has 0 bridgehead atoms. The molecule has 1 unspecified atom stereocenters. The Labute approximate surface area is 105 Å². The molecule has 0 aliphatic heterocycles. The summed E-state index contributed by atoms with van der Waals surface area (Å²) in [5, 5.41) is 1.12. The van der Waals surface area contributed by atoms with Crippen LogP contribution in [0.2, 0.25) is 0 Å². The molecule has 0 N–H and O–H groups in total. The Kier molecular flexibility index (Phi) is 6.50. The average Bonchev–Trinajstić information content (AvgIpc) is 2.63. The van der Waals surface area contributed by atoms with Crippen molar-refractivity contribution in [3.8, 4) is 0 Å². The number of halogens is 1. The van der Waals surface area contributed by atoms with E-state index in [2.05, 4.69) is 29.8 Å². The molecule has 86 valence electrons. The largest absolute Gasteiger partial charge is 0.468 e. The summed E-state index contributed by atoms with van der Waals surface area (Å²) in [6.07, 6.45) is 4.37.